The second kappa shape index (κ2) is 7.51. The molecule has 0 spiro atoms. The van der Waals surface area contributed by atoms with Gasteiger partial charge in [0.15, 0.2) is 0 Å². The molecule has 3 atom stereocenters. The maximum Gasteiger partial charge on any atom is 0.0317 e. The Hall–Kier alpha value is 0.110. The van der Waals surface area contributed by atoms with Crippen molar-refractivity contribution in [3.8, 4) is 0 Å². The molecule has 3 heteroatoms. The van der Waals surface area contributed by atoms with E-state index in [-0.39, 0.29) is 0 Å². The van der Waals surface area contributed by atoms with Gasteiger partial charge in [0.2, 0.25) is 0 Å². The van der Waals surface area contributed by atoms with Crippen molar-refractivity contribution in [2.24, 2.45) is 5.73 Å². The van der Waals surface area contributed by atoms with Crippen LogP contribution >= 0.6 is 0 Å². The van der Waals surface area contributed by atoms with Gasteiger partial charge in [-0.3, -0.25) is 4.21 Å². The predicted octanol–water partition coefficient (Wildman–Crippen LogP) is 2.05. The first kappa shape index (κ1) is 13.1. The van der Waals surface area contributed by atoms with Gasteiger partial charge in [0.1, 0.15) is 0 Å². The average molecular weight is 205 g/mol. The van der Waals surface area contributed by atoms with Crippen molar-refractivity contribution in [1.29, 1.82) is 0 Å². The lowest BCUT2D eigenvalue weighted by Gasteiger charge is -2.10. The molecule has 2 nitrogen and oxygen atoms in total. The van der Waals surface area contributed by atoms with Crippen molar-refractivity contribution in [1.82, 2.24) is 0 Å². The van der Waals surface area contributed by atoms with Gasteiger partial charge < -0.3 is 5.73 Å². The molecule has 0 amide bonds. The molecule has 3 unspecified atom stereocenters. The van der Waals surface area contributed by atoms with Crippen LogP contribution in [0.15, 0.2) is 0 Å². The fourth-order valence-corrected chi connectivity index (χ4v) is 2.30. The highest BCUT2D eigenvalue weighted by Crippen LogP contribution is 2.05. The zero-order valence-corrected chi connectivity index (χ0v) is 9.90. The zero-order valence-electron chi connectivity index (χ0n) is 9.08. The molecule has 0 aromatic heterocycles. The quantitative estimate of drug-likeness (QED) is 0.691. The lowest BCUT2D eigenvalue weighted by molar-refractivity contribution is 0.584. The van der Waals surface area contributed by atoms with E-state index >= 15 is 0 Å². The highest BCUT2D eigenvalue weighted by Gasteiger charge is 2.08. The lowest BCUT2D eigenvalue weighted by Crippen LogP contribution is -2.20. The Bertz CT molecular complexity index is 150. The van der Waals surface area contributed by atoms with Crippen molar-refractivity contribution < 1.29 is 4.21 Å². The summed E-state index contributed by atoms with van der Waals surface area (Å²) < 4.78 is 11.5. The van der Waals surface area contributed by atoms with Gasteiger partial charge >= 0.3 is 0 Å². The van der Waals surface area contributed by atoms with Gasteiger partial charge in [0.25, 0.3) is 0 Å². The average Bonchev–Trinajstić information content (AvgIpc) is 2.15. The third-order valence-electron chi connectivity index (χ3n) is 2.47. The normalized spacial score (nSPS) is 18.2. The summed E-state index contributed by atoms with van der Waals surface area (Å²) in [4.78, 5) is 0. The molecule has 0 aliphatic heterocycles. The van der Waals surface area contributed by atoms with Crippen molar-refractivity contribution in [2.45, 2.75) is 57.7 Å². The molecule has 0 aromatic rings. The van der Waals surface area contributed by atoms with Gasteiger partial charge in [-0.05, 0) is 25.7 Å². The fraction of sp³-hybridized carbons (Fsp3) is 1.00. The van der Waals surface area contributed by atoms with Gasteiger partial charge in [0, 0.05) is 27.8 Å². The van der Waals surface area contributed by atoms with E-state index in [1.165, 1.54) is 0 Å². The summed E-state index contributed by atoms with van der Waals surface area (Å²) in [6.07, 6.45) is 4.05. The van der Waals surface area contributed by atoms with Crippen LogP contribution in [0.4, 0.5) is 0 Å². The minimum absolute atomic E-state index is 0.300. The van der Waals surface area contributed by atoms with E-state index in [2.05, 4.69) is 20.8 Å². The standard InChI is InChI=1S/C10H23NOS/c1-4-9(3)13(12)8-6-7-10(11)5-2/h9-10H,4-8,11H2,1-3H3. The molecule has 0 fully saturated rings. The van der Waals surface area contributed by atoms with Crippen LogP contribution in [0.3, 0.4) is 0 Å². The van der Waals surface area contributed by atoms with E-state index in [1.807, 2.05) is 0 Å². The van der Waals surface area contributed by atoms with Gasteiger partial charge in [-0.15, -0.1) is 0 Å². The van der Waals surface area contributed by atoms with Crippen LogP contribution in [0.2, 0.25) is 0 Å². The number of hydrogen-bond donors (Lipinski definition) is 1. The Morgan fingerprint density at radius 2 is 1.92 bits per heavy atom. The van der Waals surface area contributed by atoms with Crippen LogP contribution in [0.25, 0.3) is 0 Å². The summed E-state index contributed by atoms with van der Waals surface area (Å²) >= 11 is 0. The topological polar surface area (TPSA) is 43.1 Å². The van der Waals surface area contributed by atoms with E-state index in [9.17, 15) is 4.21 Å². The Labute approximate surface area is 84.7 Å². The third-order valence-corrected chi connectivity index (χ3v) is 4.39. The van der Waals surface area contributed by atoms with E-state index in [4.69, 9.17) is 5.73 Å². The van der Waals surface area contributed by atoms with Gasteiger partial charge in [-0.2, -0.15) is 0 Å². The van der Waals surface area contributed by atoms with Crippen molar-refractivity contribution in [2.75, 3.05) is 5.75 Å². The molecule has 0 aromatic carbocycles. The van der Waals surface area contributed by atoms with Crippen molar-refractivity contribution >= 4 is 10.8 Å². The Morgan fingerprint density at radius 3 is 2.38 bits per heavy atom. The molecule has 0 saturated carbocycles. The molecule has 0 heterocycles. The maximum atomic E-state index is 11.5. The molecule has 80 valence electrons. The fourth-order valence-electron chi connectivity index (χ4n) is 1.08. The van der Waals surface area contributed by atoms with E-state index in [0.717, 1.165) is 31.4 Å². The second-order valence-electron chi connectivity index (χ2n) is 3.61. The van der Waals surface area contributed by atoms with Crippen molar-refractivity contribution in [3.63, 3.8) is 0 Å². The molecular formula is C10H23NOS. The molecule has 0 aliphatic carbocycles. The van der Waals surface area contributed by atoms with Crippen LogP contribution < -0.4 is 5.73 Å². The third kappa shape index (κ3) is 6.22. The molecule has 0 rings (SSSR count). The smallest absolute Gasteiger partial charge is 0.0317 e. The van der Waals surface area contributed by atoms with E-state index < -0.39 is 10.8 Å². The maximum absolute atomic E-state index is 11.5. The lowest BCUT2D eigenvalue weighted by atomic mass is 10.1. The molecule has 0 aliphatic rings. The second-order valence-corrected chi connectivity index (χ2v) is 5.59. The van der Waals surface area contributed by atoms with Gasteiger partial charge in [-0.1, -0.05) is 20.8 Å². The first-order chi connectivity index (χ1) is 6.11. The number of hydrogen-bond acceptors (Lipinski definition) is 2. The summed E-state index contributed by atoms with van der Waals surface area (Å²) in [6, 6.07) is 0.300. The molecule has 2 N–H and O–H groups in total. The first-order valence-electron chi connectivity index (χ1n) is 5.24. The van der Waals surface area contributed by atoms with Crippen LogP contribution in [-0.2, 0) is 10.8 Å². The summed E-state index contributed by atoms with van der Waals surface area (Å²) in [5.74, 6) is 0.822. The summed E-state index contributed by atoms with van der Waals surface area (Å²) in [7, 11) is -0.639. The monoisotopic (exact) mass is 205 g/mol. The Kier molecular flexibility index (Phi) is 7.57. The minimum atomic E-state index is -0.639. The first-order valence-corrected chi connectivity index (χ1v) is 6.62. The SMILES string of the molecule is CCC(N)CCCS(=O)C(C)CC. The van der Waals surface area contributed by atoms with Gasteiger partial charge in [-0.25, -0.2) is 0 Å². The Morgan fingerprint density at radius 1 is 1.31 bits per heavy atom. The van der Waals surface area contributed by atoms with E-state index in [1.54, 1.807) is 0 Å². The molecule has 0 radical (unpaired) electrons. The molecule has 13 heavy (non-hydrogen) atoms. The largest absolute Gasteiger partial charge is 0.328 e. The molecular weight excluding hydrogens is 182 g/mol. The van der Waals surface area contributed by atoms with Crippen LogP contribution in [-0.4, -0.2) is 21.3 Å². The van der Waals surface area contributed by atoms with Crippen LogP contribution in [0, 0.1) is 0 Å². The predicted molar refractivity (Wildman–Crippen MR) is 60.3 cm³/mol. The van der Waals surface area contributed by atoms with Gasteiger partial charge in [0.05, 0.1) is 0 Å². The summed E-state index contributed by atoms with van der Waals surface area (Å²) in [5.41, 5.74) is 5.77. The summed E-state index contributed by atoms with van der Waals surface area (Å²) in [5, 5.41) is 0.345. The van der Waals surface area contributed by atoms with Crippen LogP contribution in [0.5, 0.6) is 0 Å². The highest BCUT2D eigenvalue weighted by molar-refractivity contribution is 7.85. The van der Waals surface area contributed by atoms with Crippen molar-refractivity contribution in [3.05, 3.63) is 0 Å². The summed E-state index contributed by atoms with van der Waals surface area (Å²) in [6.45, 7) is 6.23. The highest BCUT2D eigenvalue weighted by atomic mass is 32.2. The van der Waals surface area contributed by atoms with Crippen LogP contribution in [0.1, 0.15) is 46.5 Å². The molecule has 0 saturated heterocycles. The minimum Gasteiger partial charge on any atom is -0.328 e. The molecule has 0 bridgehead atoms. The Balaban J connectivity index is 3.47. The zero-order chi connectivity index (χ0) is 10.3. The number of rotatable bonds is 7. The number of nitrogens with two attached hydrogens (primary N) is 1. The van der Waals surface area contributed by atoms with E-state index in [0.29, 0.717) is 11.3 Å².